The molecule has 0 bridgehead atoms. The van der Waals surface area contributed by atoms with Crippen molar-refractivity contribution in [1.29, 1.82) is 0 Å². The standard InChI is InChI=1S/C21H20N2/c1-17-10-9-11-18(16-17)21(22-2)23(19-12-5-3-6-13-19)20-14-7-4-8-15-20/h3-16H,1-2H3. The largest absolute Gasteiger partial charge is 0.295 e. The average Bonchev–Trinajstić information content (AvgIpc) is 2.61. The number of rotatable bonds is 3. The maximum Gasteiger partial charge on any atom is 0.139 e. The van der Waals surface area contributed by atoms with Crippen LogP contribution in [0.4, 0.5) is 11.4 Å². The van der Waals surface area contributed by atoms with Gasteiger partial charge in [0, 0.05) is 24.0 Å². The van der Waals surface area contributed by atoms with Gasteiger partial charge in [-0.2, -0.15) is 0 Å². The van der Waals surface area contributed by atoms with Gasteiger partial charge in [-0.25, -0.2) is 0 Å². The highest BCUT2D eigenvalue weighted by Crippen LogP contribution is 2.27. The molecular formula is C21H20N2. The summed E-state index contributed by atoms with van der Waals surface area (Å²) in [7, 11) is 1.84. The van der Waals surface area contributed by atoms with E-state index in [0.29, 0.717) is 0 Å². The van der Waals surface area contributed by atoms with Gasteiger partial charge in [-0.05, 0) is 37.3 Å². The van der Waals surface area contributed by atoms with Crippen molar-refractivity contribution in [2.24, 2.45) is 4.99 Å². The van der Waals surface area contributed by atoms with Crippen molar-refractivity contribution in [1.82, 2.24) is 0 Å². The van der Waals surface area contributed by atoms with Crippen LogP contribution in [-0.2, 0) is 0 Å². The molecular weight excluding hydrogens is 280 g/mol. The summed E-state index contributed by atoms with van der Waals surface area (Å²) in [6.45, 7) is 2.10. The molecule has 0 radical (unpaired) electrons. The molecule has 0 aliphatic carbocycles. The van der Waals surface area contributed by atoms with Crippen LogP contribution in [0.1, 0.15) is 11.1 Å². The highest BCUT2D eigenvalue weighted by molar-refractivity contribution is 6.14. The molecule has 3 aromatic carbocycles. The molecule has 0 aliphatic rings. The van der Waals surface area contributed by atoms with Gasteiger partial charge in [0.15, 0.2) is 0 Å². The van der Waals surface area contributed by atoms with E-state index in [4.69, 9.17) is 0 Å². The van der Waals surface area contributed by atoms with Crippen molar-refractivity contribution >= 4 is 17.2 Å². The van der Waals surface area contributed by atoms with Crippen LogP contribution in [0.5, 0.6) is 0 Å². The third-order valence-electron chi connectivity index (χ3n) is 3.73. The van der Waals surface area contributed by atoms with Gasteiger partial charge in [0.2, 0.25) is 0 Å². The summed E-state index contributed by atoms with van der Waals surface area (Å²) in [6.07, 6.45) is 0. The molecule has 0 fully saturated rings. The Bertz CT molecular complexity index is 753. The maximum atomic E-state index is 4.60. The minimum absolute atomic E-state index is 0.936. The van der Waals surface area contributed by atoms with Crippen molar-refractivity contribution in [2.75, 3.05) is 11.9 Å². The van der Waals surface area contributed by atoms with E-state index in [1.807, 2.05) is 19.2 Å². The molecule has 0 spiro atoms. The molecule has 0 aliphatic heterocycles. The van der Waals surface area contributed by atoms with Crippen LogP contribution in [0.2, 0.25) is 0 Å². The molecule has 23 heavy (non-hydrogen) atoms. The first-order valence-electron chi connectivity index (χ1n) is 7.73. The highest BCUT2D eigenvalue weighted by atomic mass is 15.2. The van der Waals surface area contributed by atoms with E-state index in [9.17, 15) is 0 Å². The van der Waals surface area contributed by atoms with E-state index in [1.54, 1.807) is 0 Å². The summed E-state index contributed by atoms with van der Waals surface area (Å²) in [4.78, 5) is 6.78. The second-order valence-corrected chi connectivity index (χ2v) is 5.42. The third-order valence-corrected chi connectivity index (χ3v) is 3.73. The highest BCUT2D eigenvalue weighted by Gasteiger charge is 2.17. The SMILES string of the molecule is CN=C(c1cccc(C)c1)N(c1ccccc1)c1ccccc1. The minimum atomic E-state index is 0.936. The van der Waals surface area contributed by atoms with E-state index in [0.717, 1.165) is 22.8 Å². The van der Waals surface area contributed by atoms with Crippen LogP contribution >= 0.6 is 0 Å². The van der Waals surface area contributed by atoms with Crippen LogP contribution in [0.25, 0.3) is 0 Å². The van der Waals surface area contributed by atoms with Gasteiger partial charge >= 0.3 is 0 Å². The number of aryl methyl sites for hydroxylation is 1. The molecule has 0 saturated heterocycles. The number of hydrogen-bond acceptors (Lipinski definition) is 1. The maximum absolute atomic E-state index is 4.60. The van der Waals surface area contributed by atoms with Crippen molar-refractivity contribution < 1.29 is 0 Å². The van der Waals surface area contributed by atoms with Crippen LogP contribution in [0.15, 0.2) is 89.9 Å². The van der Waals surface area contributed by atoms with Crippen molar-refractivity contribution in [3.05, 3.63) is 96.1 Å². The second-order valence-electron chi connectivity index (χ2n) is 5.42. The number of nitrogens with zero attached hydrogens (tertiary/aromatic N) is 2. The molecule has 114 valence electrons. The molecule has 0 atom stereocenters. The zero-order chi connectivity index (χ0) is 16.1. The molecule has 3 aromatic rings. The van der Waals surface area contributed by atoms with Crippen LogP contribution in [-0.4, -0.2) is 12.9 Å². The minimum Gasteiger partial charge on any atom is -0.295 e. The fourth-order valence-electron chi connectivity index (χ4n) is 2.69. The fourth-order valence-corrected chi connectivity index (χ4v) is 2.69. The molecule has 0 unspecified atom stereocenters. The summed E-state index contributed by atoms with van der Waals surface area (Å²) >= 11 is 0. The lowest BCUT2D eigenvalue weighted by Crippen LogP contribution is -2.27. The number of benzene rings is 3. The molecule has 0 N–H and O–H groups in total. The molecule has 3 rings (SSSR count). The zero-order valence-electron chi connectivity index (χ0n) is 13.5. The lowest BCUT2D eigenvalue weighted by atomic mass is 10.1. The van der Waals surface area contributed by atoms with Crippen LogP contribution in [0.3, 0.4) is 0 Å². The Morgan fingerprint density at radius 2 is 1.30 bits per heavy atom. The summed E-state index contributed by atoms with van der Waals surface area (Å²) < 4.78 is 0. The predicted molar refractivity (Wildman–Crippen MR) is 98.7 cm³/mol. The number of hydrogen-bond donors (Lipinski definition) is 0. The lowest BCUT2D eigenvalue weighted by Gasteiger charge is -2.26. The number of aliphatic imine (C=N–C) groups is 1. The van der Waals surface area contributed by atoms with E-state index >= 15 is 0 Å². The number of anilines is 2. The number of para-hydroxylation sites is 2. The first-order chi connectivity index (χ1) is 11.3. The van der Waals surface area contributed by atoms with Gasteiger partial charge in [0.25, 0.3) is 0 Å². The van der Waals surface area contributed by atoms with Gasteiger partial charge in [0.1, 0.15) is 5.84 Å². The first-order valence-corrected chi connectivity index (χ1v) is 7.73. The normalized spacial score (nSPS) is 11.3. The molecule has 0 aromatic heterocycles. The Labute approximate surface area is 137 Å². The Hall–Kier alpha value is -2.87. The van der Waals surface area contributed by atoms with Crippen molar-refractivity contribution in [3.63, 3.8) is 0 Å². The summed E-state index contributed by atoms with van der Waals surface area (Å²) in [6, 6.07) is 29.1. The van der Waals surface area contributed by atoms with Crippen LogP contribution in [0, 0.1) is 6.92 Å². The van der Waals surface area contributed by atoms with E-state index < -0.39 is 0 Å². The van der Waals surface area contributed by atoms with Gasteiger partial charge in [-0.3, -0.25) is 9.89 Å². The van der Waals surface area contributed by atoms with Gasteiger partial charge in [-0.15, -0.1) is 0 Å². The van der Waals surface area contributed by atoms with Crippen molar-refractivity contribution in [2.45, 2.75) is 6.92 Å². The van der Waals surface area contributed by atoms with E-state index in [-0.39, 0.29) is 0 Å². The van der Waals surface area contributed by atoms with Gasteiger partial charge < -0.3 is 0 Å². The quantitative estimate of drug-likeness (QED) is 0.479. The van der Waals surface area contributed by atoms with Crippen molar-refractivity contribution in [3.8, 4) is 0 Å². The predicted octanol–water partition coefficient (Wildman–Crippen LogP) is 5.21. The zero-order valence-corrected chi connectivity index (χ0v) is 13.5. The van der Waals surface area contributed by atoms with E-state index in [1.165, 1.54) is 5.56 Å². The second kappa shape index (κ2) is 6.93. The van der Waals surface area contributed by atoms with Gasteiger partial charge in [-0.1, -0.05) is 60.2 Å². The Morgan fingerprint density at radius 1 is 0.739 bits per heavy atom. The Morgan fingerprint density at radius 3 is 1.78 bits per heavy atom. The molecule has 0 heterocycles. The van der Waals surface area contributed by atoms with E-state index in [2.05, 4.69) is 89.6 Å². The first kappa shape index (κ1) is 15.0. The Kier molecular flexibility index (Phi) is 4.53. The molecule has 0 amide bonds. The summed E-state index contributed by atoms with van der Waals surface area (Å²) in [5.41, 5.74) is 4.53. The lowest BCUT2D eigenvalue weighted by molar-refractivity contribution is 1.28. The smallest absolute Gasteiger partial charge is 0.139 e. The fraction of sp³-hybridized carbons (Fsp3) is 0.0952. The average molecular weight is 300 g/mol. The van der Waals surface area contributed by atoms with Crippen LogP contribution < -0.4 is 4.90 Å². The molecule has 0 saturated carbocycles. The monoisotopic (exact) mass is 300 g/mol. The molecule has 2 heteroatoms. The topological polar surface area (TPSA) is 15.6 Å². The van der Waals surface area contributed by atoms with Gasteiger partial charge in [0.05, 0.1) is 0 Å². The number of amidine groups is 1. The molecule has 2 nitrogen and oxygen atoms in total. The third kappa shape index (κ3) is 3.32. The summed E-state index contributed by atoms with van der Waals surface area (Å²) in [5, 5.41) is 0. The summed E-state index contributed by atoms with van der Waals surface area (Å²) in [5.74, 6) is 0.936. The Balaban J connectivity index is 2.15.